The standard InChI is InChI=1S/C20H19BrN2O3S/c1-4-26-18-15(21)9-13(10-16(18)25-3)11-17-19(24)23-20(27-17)22-14-7-5-12(2)6-8-14/h5-11H,4H2,1-3H3,(H,22,23,24). The first-order valence-corrected chi connectivity index (χ1v) is 9.97. The van der Waals surface area contributed by atoms with Crippen molar-refractivity contribution in [1.29, 1.82) is 0 Å². The summed E-state index contributed by atoms with van der Waals surface area (Å²) in [6, 6.07) is 11.5. The third kappa shape index (κ3) is 4.73. The van der Waals surface area contributed by atoms with Gasteiger partial charge in [-0.15, -0.1) is 0 Å². The van der Waals surface area contributed by atoms with Crippen molar-refractivity contribution in [3.8, 4) is 11.5 Å². The summed E-state index contributed by atoms with van der Waals surface area (Å²) in [7, 11) is 1.59. The number of benzene rings is 2. The van der Waals surface area contributed by atoms with E-state index in [9.17, 15) is 4.79 Å². The van der Waals surface area contributed by atoms with Gasteiger partial charge in [-0.3, -0.25) is 4.79 Å². The molecule has 1 amide bonds. The molecule has 1 heterocycles. The van der Waals surface area contributed by atoms with Crippen LogP contribution in [0.4, 0.5) is 5.69 Å². The van der Waals surface area contributed by atoms with Crippen LogP contribution in [0.2, 0.25) is 0 Å². The molecule has 1 aliphatic heterocycles. The average Bonchev–Trinajstić information content (AvgIpc) is 2.98. The molecule has 2 aromatic rings. The number of rotatable bonds is 5. The normalized spacial score (nSPS) is 16.7. The predicted octanol–water partition coefficient (Wildman–Crippen LogP) is 5.06. The van der Waals surface area contributed by atoms with Crippen molar-refractivity contribution in [1.82, 2.24) is 5.32 Å². The Hall–Kier alpha value is -2.25. The number of nitrogens with one attached hydrogen (secondary N) is 1. The van der Waals surface area contributed by atoms with Crippen LogP contribution in [0.15, 0.2) is 50.8 Å². The highest BCUT2D eigenvalue weighted by Crippen LogP contribution is 2.38. The molecule has 0 bridgehead atoms. The summed E-state index contributed by atoms with van der Waals surface area (Å²) in [5.74, 6) is 1.08. The van der Waals surface area contributed by atoms with Gasteiger partial charge in [0.25, 0.3) is 5.91 Å². The number of methoxy groups -OCH3 is 1. The van der Waals surface area contributed by atoms with Crippen LogP contribution in [0.25, 0.3) is 6.08 Å². The minimum Gasteiger partial charge on any atom is -0.493 e. The topological polar surface area (TPSA) is 59.9 Å². The molecule has 0 unspecified atom stereocenters. The van der Waals surface area contributed by atoms with Crippen LogP contribution in [0, 0.1) is 6.92 Å². The van der Waals surface area contributed by atoms with Crippen LogP contribution in [0.5, 0.6) is 11.5 Å². The molecule has 1 saturated heterocycles. The van der Waals surface area contributed by atoms with Gasteiger partial charge in [-0.2, -0.15) is 0 Å². The van der Waals surface area contributed by atoms with Crippen molar-refractivity contribution in [3.05, 3.63) is 56.9 Å². The van der Waals surface area contributed by atoms with E-state index in [0.717, 1.165) is 21.3 Å². The molecule has 2 aromatic carbocycles. The van der Waals surface area contributed by atoms with E-state index in [-0.39, 0.29) is 5.91 Å². The number of hydrogen-bond acceptors (Lipinski definition) is 5. The van der Waals surface area contributed by atoms with Crippen molar-refractivity contribution < 1.29 is 14.3 Å². The number of hydrogen-bond donors (Lipinski definition) is 1. The summed E-state index contributed by atoms with van der Waals surface area (Å²) in [6.07, 6.45) is 1.81. The Morgan fingerprint density at radius 3 is 2.67 bits per heavy atom. The van der Waals surface area contributed by atoms with Crippen LogP contribution in [-0.2, 0) is 4.79 Å². The summed E-state index contributed by atoms with van der Waals surface area (Å²) < 4.78 is 11.8. The van der Waals surface area contributed by atoms with Gasteiger partial charge < -0.3 is 14.8 Å². The average molecular weight is 447 g/mol. The van der Waals surface area contributed by atoms with Crippen molar-refractivity contribution >= 4 is 50.5 Å². The third-order valence-corrected chi connectivity index (χ3v) is 5.25. The van der Waals surface area contributed by atoms with E-state index in [4.69, 9.17) is 9.47 Å². The van der Waals surface area contributed by atoms with Gasteiger partial charge >= 0.3 is 0 Å². The highest BCUT2D eigenvalue weighted by Gasteiger charge is 2.24. The van der Waals surface area contributed by atoms with Gasteiger partial charge in [-0.1, -0.05) is 17.7 Å². The molecule has 7 heteroatoms. The molecular formula is C20H19BrN2O3S. The molecule has 0 saturated carbocycles. The lowest BCUT2D eigenvalue weighted by Gasteiger charge is -2.12. The Balaban J connectivity index is 1.86. The first kappa shape index (κ1) is 19.5. The summed E-state index contributed by atoms with van der Waals surface area (Å²) in [5, 5.41) is 3.36. The summed E-state index contributed by atoms with van der Waals surface area (Å²) in [4.78, 5) is 17.3. The monoisotopic (exact) mass is 446 g/mol. The number of amidine groups is 1. The largest absolute Gasteiger partial charge is 0.493 e. The Bertz CT molecular complexity index is 924. The van der Waals surface area contributed by atoms with Crippen LogP contribution >= 0.6 is 27.7 Å². The van der Waals surface area contributed by atoms with E-state index in [1.807, 2.05) is 50.2 Å². The van der Waals surface area contributed by atoms with Gasteiger partial charge in [0.2, 0.25) is 0 Å². The van der Waals surface area contributed by atoms with Crippen LogP contribution < -0.4 is 14.8 Å². The maximum Gasteiger partial charge on any atom is 0.264 e. The van der Waals surface area contributed by atoms with Gasteiger partial charge in [-0.05, 0) is 77.4 Å². The lowest BCUT2D eigenvalue weighted by atomic mass is 10.2. The van der Waals surface area contributed by atoms with E-state index in [0.29, 0.717) is 28.2 Å². The number of aryl methyl sites for hydroxylation is 1. The van der Waals surface area contributed by atoms with E-state index >= 15 is 0 Å². The molecule has 1 aliphatic rings. The summed E-state index contributed by atoms with van der Waals surface area (Å²) in [5.41, 5.74) is 2.80. The number of nitrogens with zero attached hydrogens (tertiary/aromatic N) is 1. The van der Waals surface area contributed by atoms with Crippen LogP contribution in [-0.4, -0.2) is 24.8 Å². The van der Waals surface area contributed by atoms with Gasteiger partial charge in [0.1, 0.15) is 0 Å². The number of carbonyl (C=O) groups is 1. The molecule has 0 aliphatic carbocycles. The van der Waals surface area contributed by atoms with Gasteiger partial charge in [0.15, 0.2) is 16.7 Å². The zero-order chi connectivity index (χ0) is 19.4. The fraction of sp³-hybridized carbons (Fsp3) is 0.200. The number of halogens is 1. The van der Waals surface area contributed by atoms with Gasteiger partial charge in [-0.25, -0.2) is 4.99 Å². The Labute approximate surface area is 171 Å². The minimum absolute atomic E-state index is 0.171. The SMILES string of the molecule is CCOc1c(Br)cc(C=C2SC(=Nc3ccc(C)cc3)NC2=O)cc1OC. The Morgan fingerprint density at radius 2 is 2.00 bits per heavy atom. The van der Waals surface area contributed by atoms with Crippen LogP contribution in [0.1, 0.15) is 18.1 Å². The minimum atomic E-state index is -0.171. The van der Waals surface area contributed by atoms with E-state index in [1.54, 1.807) is 13.2 Å². The quantitative estimate of drug-likeness (QED) is 0.652. The Kier molecular flexibility index (Phi) is 6.23. The molecule has 1 fully saturated rings. The molecule has 0 atom stereocenters. The fourth-order valence-corrected chi connectivity index (χ4v) is 3.89. The van der Waals surface area contributed by atoms with E-state index in [2.05, 4.69) is 26.2 Å². The molecule has 3 rings (SSSR count). The second-order valence-electron chi connectivity index (χ2n) is 5.78. The van der Waals surface area contributed by atoms with Crippen molar-refractivity contribution in [2.24, 2.45) is 4.99 Å². The molecule has 27 heavy (non-hydrogen) atoms. The second kappa shape index (κ2) is 8.63. The summed E-state index contributed by atoms with van der Waals surface area (Å²) in [6.45, 7) is 4.47. The Morgan fingerprint density at radius 1 is 1.26 bits per heavy atom. The fourth-order valence-electron chi connectivity index (χ4n) is 2.48. The maximum absolute atomic E-state index is 12.3. The van der Waals surface area contributed by atoms with Crippen molar-refractivity contribution in [2.45, 2.75) is 13.8 Å². The number of ether oxygens (including phenoxy) is 2. The highest BCUT2D eigenvalue weighted by molar-refractivity contribution is 9.10. The van der Waals surface area contributed by atoms with Crippen molar-refractivity contribution in [3.63, 3.8) is 0 Å². The molecule has 0 radical (unpaired) electrons. The molecule has 140 valence electrons. The first-order valence-electron chi connectivity index (χ1n) is 8.36. The smallest absolute Gasteiger partial charge is 0.264 e. The second-order valence-corrected chi connectivity index (χ2v) is 7.67. The maximum atomic E-state index is 12.3. The summed E-state index contributed by atoms with van der Waals surface area (Å²) >= 11 is 4.81. The molecule has 0 spiro atoms. The lowest BCUT2D eigenvalue weighted by molar-refractivity contribution is -0.115. The lowest BCUT2D eigenvalue weighted by Crippen LogP contribution is -2.19. The number of aliphatic imine (C=N–C) groups is 1. The zero-order valence-corrected chi connectivity index (χ0v) is 17.6. The van der Waals surface area contributed by atoms with Crippen LogP contribution in [0.3, 0.4) is 0 Å². The number of carbonyl (C=O) groups excluding carboxylic acids is 1. The van der Waals surface area contributed by atoms with E-state index < -0.39 is 0 Å². The molecule has 5 nitrogen and oxygen atoms in total. The number of thioether (sulfide) groups is 1. The predicted molar refractivity (Wildman–Crippen MR) is 114 cm³/mol. The first-order chi connectivity index (χ1) is 13.0. The van der Waals surface area contributed by atoms with Gasteiger partial charge in [0.05, 0.1) is 28.8 Å². The molecular weight excluding hydrogens is 428 g/mol. The third-order valence-electron chi connectivity index (χ3n) is 3.75. The molecule has 0 aromatic heterocycles. The highest BCUT2D eigenvalue weighted by atomic mass is 79.9. The van der Waals surface area contributed by atoms with Crippen molar-refractivity contribution in [2.75, 3.05) is 13.7 Å². The zero-order valence-electron chi connectivity index (χ0n) is 15.2. The van der Waals surface area contributed by atoms with Gasteiger partial charge in [0, 0.05) is 0 Å². The number of amides is 1. The molecule has 1 N–H and O–H groups in total. The van der Waals surface area contributed by atoms with E-state index in [1.165, 1.54) is 11.8 Å².